The average molecular weight is 1470 g/mol. The molecule has 7 amide bonds. The molecule has 0 aromatic carbocycles. The largest absolute Gasteiger partial charge is 0.481 e. The topological polar surface area (TPSA) is 496 Å². The van der Waals surface area contributed by atoms with E-state index in [2.05, 4.69) is 176 Å². The minimum Gasteiger partial charge on any atom is -0.481 e. The van der Waals surface area contributed by atoms with Crippen LogP contribution in [0.4, 0.5) is 0 Å². The third-order valence-electron chi connectivity index (χ3n) is 17.2. The number of nitrogens with two attached hydrogens (primary N) is 3. The summed E-state index contributed by atoms with van der Waals surface area (Å²) in [4.78, 5) is 101. The van der Waals surface area contributed by atoms with Gasteiger partial charge in [0.05, 0.1) is 51.9 Å². The van der Waals surface area contributed by atoms with E-state index in [9.17, 15) is 43.5 Å². The van der Waals surface area contributed by atoms with E-state index in [1.807, 2.05) is 6.92 Å². The SMILES string of the molecule is CCC(C)C(CNCC(=O)N[C@H](CNCN[C@H](CNCC(N)=O)CC(C)C)CC(C)C)NC(=O)CNC[C@H](CCCN)NC(=O)CNC[C@H](CC(C)C)NCNCC(NCNC[C@H](CC(C)C)NC(=O)CNC[C@H](CCCN)NC(=O)CNC[C@H](C)NC(=O)CNC[C@H](CCC(=O)O)NC)C(C)O. The molecule has 0 aliphatic rings. The van der Waals surface area contributed by atoms with E-state index in [4.69, 9.17) is 22.3 Å². The molecule has 0 aromatic heterocycles. The van der Waals surface area contributed by atoms with Crippen LogP contribution in [0.5, 0.6) is 0 Å². The molecule has 0 saturated heterocycles. The Morgan fingerprint density at radius 3 is 1.09 bits per heavy atom. The number of carboxylic acid groups (broad SMARTS) is 1. The predicted octanol–water partition coefficient (Wildman–Crippen LogP) is -4.41. The molecule has 33 nitrogen and oxygen atoms in total. The summed E-state index contributed by atoms with van der Waals surface area (Å²) in [6, 6.07) is -1.41. The van der Waals surface area contributed by atoms with Crippen LogP contribution in [-0.4, -0.2) is 275 Å². The fourth-order valence-electron chi connectivity index (χ4n) is 11.7. The summed E-state index contributed by atoms with van der Waals surface area (Å²) in [5.41, 5.74) is 17.0. The second-order valence-electron chi connectivity index (χ2n) is 29.5. The molecule has 0 aliphatic heterocycles. The molecule has 604 valence electrons. The van der Waals surface area contributed by atoms with Gasteiger partial charge in [0.1, 0.15) is 0 Å². The molecule has 12 atom stereocenters. The average Bonchev–Trinajstić information content (AvgIpc) is 0.969. The van der Waals surface area contributed by atoms with E-state index in [0.717, 1.165) is 32.1 Å². The third kappa shape index (κ3) is 57.9. The van der Waals surface area contributed by atoms with Gasteiger partial charge in [-0.2, -0.15) is 0 Å². The summed E-state index contributed by atoms with van der Waals surface area (Å²) in [6.07, 6.45) is 6.56. The van der Waals surface area contributed by atoms with Gasteiger partial charge in [0.2, 0.25) is 41.4 Å². The minimum absolute atomic E-state index is 0.0286. The van der Waals surface area contributed by atoms with E-state index >= 15 is 0 Å². The first-order valence-corrected chi connectivity index (χ1v) is 38.3. The van der Waals surface area contributed by atoms with Crippen molar-refractivity contribution in [3.8, 4) is 0 Å². The molecule has 0 rings (SSSR count). The van der Waals surface area contributed by atoms with Gasteiger partial charge in [0.15, 0.2) is 0 Å². The number of hydrogen-bond acceptors (Lipinski definition) is 25. The number of carbonyl (C=O) groups excluding carboxylic acids is 7. The normalized spacial score (nSPS) is 15.3. The first-order chi connectivity index (χ1) is 49.0. The number of aliphatic hydroxyl groups is 1. The van der Waals surface area contributed by atoms with Crippen LogP contribution in [0.3, 0.4) is 0 Å². The fraction of sp³-hybridized carbons (Fsp3) is 0.886. The predicted molar refractivity (Wildman–Crippen MR) is 411 cm³/mol. The Bertz CT molecular complexity index is 2230. The van der Waals surface area contributed by atoms with E-state index in [0.29, 0.717) is 154 Å². The number of carbonyl (C=O) groups is 8. The lowest BCUT2D eigenvalue weighted by Crippen LogP contribution is -2.53. The lowest BCUT2D eigenvalue weighted by molar-refractivity contribution is -0.137. The Balaban J connectivity index is 5.06. The van der Waals surface area contributed by atoms with Crippen molar-refractivity contribution in [1.82, 2.24) is 106 Å². The fourth-order valence-corrected chi connectivity index (χ4v) is 11.7. The molecule has 0 aliphatic carbocycles. The van der Waals surface area contributed by atoms with Crippen molar-refractivity contribution in [3.05, 3.63) is 0 Å². The Kier molecular flexibility index (Phi) is 59.2. The molecule has 0 spiro atoms. The molecule has 4 unspecified atom stereocenters. The highest BCUT2D eigenvalue weighted by Gasteiger charge is 2.24. The molecule has 0 saturated carbocycles. The maximum Gasteiger partial charge on any atom is 0.303 e. The molecule has 33 heteroatoms. The lowest BCUT2D eigenvalue weighted by Gasteiger charge is -2.26. The van der Waals surface area contributed by atoms with Crippen molar-refractivity contribution >= 4 is 47.3 Å². The molecule has 103 heavy (non-hydrogen) atoms. The Morgan fingerprint density at radius 2 is 0.699 bits per heavy atom. The van der Waals surface area contributed by atoms with Gasteiger partial charge in [0.25, 0.3) is 0 Å². The van der Waals surface area contributed by atoms with Gasteiger partial charge in [-0.3, -0.25) is 43.7 Å². The van der Waals surface area contributed by atoms with Crippen molar-refractivity contribution < 1.29 is 48.6 Å². The van der Waals surface area contributed by atoms with Crippen molar-refractivity contribution in [1.29, 1.82) is 0 Å². The maximum atomic E-state index is 13.3. The van der Waals surface area contributed by atoms with Crippen LogP contribution in [-0.2, 0) is 38.4 Å². The van der Waals surface area contributed by atoms with Crippen LogP contribution in [0.2, 0.25) is 0 Å². The van der Waals surface area contributed by atoms with Gasteiger partial charge < -0.3 is 128 Å². The number of likely N-dealkylation sites (N-methyl/N-ethyl adjacent to an activating group) is 1. The van der Waals surface area contributed by atoms with Crippen molar-refractivity contribution in [2.45, 2.75) is 220 Å². The van der Waals surface area contributed by atoms with E-state index < -0.39 is 18.0 Å². The lowest BCUT2D eigenvalue weighted by atomic mass is 9.99. The first-order valence-electron chi connectivity index (χ1n) is 38.3. The van der Waals surface area contributed by atoms with Crippen LogP contribution in [0.25, 0.3) is 0 Å². The van der Waals surface area contributed by atoms with E-state index in [-0.39, 0.29) is 154 Å². The van der Waals surface area contributed by atoms with E-state index in [1.54, 1.807) is 14.0 Å². The summed E-state index contributed by atoms with van der Waals surface area (Å²) >= 11 is 0. The zero-order chi connectivity index (χ0) is 77.3. The zero-order valence-electron chi connectivity index (χ0n) is 65.5. The smallest absolute Gasteiger partial charge is 0.303 e. The van der Waals surface area contributed by atoms with Crippen LogP contribution in [0.1, 0.15) is 154 Å². The summed E-state index contributed by atoms with van der Waals surface area (Å²) in [5.74, 6) is -0.709. The number of carboxylic acids is 1. The van der Waals surface area contributed by atoms with Crippen LogP contribution in [0, 0.1) is 29.6 Å². The summed E-state index contributed by atoms with van der Waals surface area (Å²) in [6.45, 7) is 32.2. The summed E-state index contributed by atoms with van der Waals surface area (Å²) < 4.78 is 0. The number of primary amides is 1. The number of amides is 7. The standard InChI is InChI=1S/C70H149N23O10/c1-14-51(10)61(35-81-42-68(100)92-59(25-49(6)7)33-82-44-85-57(23-47(2)3)31-76-37-63(73)95)93-69(101)43-79-30-56(18-16-22-72)90-66(98)40-80-32-58(24-48(4)5)86-45-84-36-62(53(12)94)87-46-83-34-60(26-50(8)9)91-67(99)41-78-29-55(17-15-21-71)89-65(97)39-75-27-52(11)88-64(96)38-77-28-54(74-13)19-20-70(102)103/h47-62,74-87,94H,14-46,71-72H2,1-13H3,(H2,73,95)(H,88,96)(H,89,97)(H,90,98)(H,91,99)(H,92,100)(H,93,101)(H,102,103)/t51?,52-,53?,54-,55-,56-,57-,58-,59-,60-,61?,62?/m0/s1. The van der Waals surface area contributed by atoms with Crippen LogP contribution < -0.4 is 124 Å². The Hall–Kier alpha value is -4.92. The highest BCUT2D eigenvalue weighted by Crippen LogP contribution is 2.10. The molecular formula is C70H149N23O10. The van der Waals surface area contributed by atoms with Gasteiger partial charge in [-0.25, -0.2) is 0 Å². The highest BCUT2D eigenvalue weighted by atomic mass is 16.4. The number of nitrogens with one attached hydrogen (secondary N) is 20. The molecule has 0 fully saturated rings. The maximum absolute atomic E-state index is 13.3. The van der Waals surface area contributed by atoms with Gasteiger partial charge in [-0.05, 0) is 121 Å². The summed E-state index contributed by atoms with van der Waals surface area (Å²) in [5, 5.41) is 84.2. The molecule has 0 heterocycles. The second kappa shape index (κ2) is 62.2. The van der Waals surface area contributed by atoms with Crippen molar-refractivity contribution in [2.24, 2.45) is 46.8 Å². The second-order valence-corrected chi connectivity index (χ2v) is 29.5. The Labute approximate surface area is 618 Å². The van der Waals surface area contributed by atoms with Gasteiger partial charge in [0, 0.05) is 152 Å². The van der Waals surface area contributed by atoms with Gasteiger partial charge >= 0.3 is 5.97 Å². The minimum atomic E-state index is -0.872. The molecule has 0 bridgehead atoms. The quantitative estimate of drug-likeness (QED) is 0.0202. The molecule has 0 radical (unpaired) electrons. The number of rotatable bonds is 70. The molecule has 0 aromatic rings. The number of hydrogen-bond donors (Lipinski definition) is 25. The first kappa shape index (κ1) is 98.1. The number of aliphatic carboxylic acids is 1. The van der Waals surface area contributed by atoms with Gasteiger partial charge in [-0.1, -0.05) is 75.7 Å². The highest BCUT2D eigenvalue weighted by molar-refractivity contribution is 5.81. The third-order valence-corrected chi connectivity index (χ3v) is 17.2. The zero-order valence-corrected chi connectivity index (χ0v) is 65.5. The van der Waals surface area contributed by atoms with Crippen LogP contribution >= 0.6 is 0 Å². The monoisotopic (exact) mass is 1470 g/mol. The molecular weight excluding hydrogens is 1320 g/mol. The number of aliphatic hydroxyl groups excluding tert-OH is 1. The van der Waals surface area contributed by atoms with Crippen molar-refractivity contribution in [3.63, 3.8) is 0 Å². The van der Waals surface area contributed by atoms with Crippen LogP contribution in [0.15, 0.2) is 0 Å². The summed E-state index contributed by atoms with van der Waals surface area (Å²) in [7, 11) is 1.75. The van der Waals surface area contributed by atoms with Gasteiger partial charge in [-0.15, -0.1) is 0 Å². The van der Waals surface area contributed by atoms with E-state index in [1.165, 1.54) is 0 Å². The molecule has 28 N–H and O–H groups in total. The Morgan fingerprint density at radius 1 is 0.369 bits per heavy atom. The van der Waals surface area contributed by atoms with Crippen molar-refractivity contribution in [2.75, 3.05) is 151 Å².